The van der Waals surface area contributed by atoms with E-state index in [-0.39, 0.29) is 17.3 Å². The highest BCUT2D eigenvalue weighted by Crippen LogP contribution is 2.26. The van der Waals surface area contributed by atoms with Crippen molar-refractivity contribution in [1.29, 1.82) is 0 Å². The molecule has 10 heteroatoms. The maximum absolute atomic E-state index is 13.5. The van der Waals surface area contributed by atoms with Gasteiger partial charge in [0.15, 0.2) is 23.3 Å². The second-order valence-electron chi connectivity index (χ2n) is 6.12. The standard InChI is InChI=1S/C19H18FN3O4S2/c1-23(2)29(25,26)14-9-7-13(8-10-14)16-12-28-19(21-16)22-18(24)11-27-17-6-4-3-5-15(17)20/h3-10,12H,11H2,1-2H3,(H,21,22,24). The van der Waals surface area contributed by atoms with Crippen molar-refractivity contribution in [2.45, 2.75) is 4.90 Å². The van der Waals surface area contributed by atoms with Crippen LogP contribution in [-0.2, 0) is 14.8 Å². The Morgan fingerprint density at radius 1 is 1.17 bits per heavy atom. The highest BCUT2D eigenvalue weighted by atomic mass is 32.2. The Morgan fingerprint density at radius 3 is 2.52 bits per heavy atom. The van der Waals surface area contributed by atoms with Crippen LogP contribution in [0.5, 0.6) is 5.75 Å². The molecule has 0 spiro atoms. The SMILES string of the molecule is CN(C)S(=O)(=O)c1ccc(-c2csc(NC(=O)COc3ccccc3F)n2)cc1. The molecule has 0 saturated heterocycles. The van der Waals surface area contributed by atoms with Crippen LogP contribution in [0.3, 0.4) is 0 Å². The van der Waals surface area contributed by atoms with Crippen molar-refractivity contribution >= 4 is 32.4 Å². The molecule has 0 saturated carbocycles. The molecule has 152 valence electrons. The number of carbonyl (C=O) groups excluding carboxylic acids is 1. The fraction of sp³-hybridized carbons (Fsp3) is 0.158. The van der Waals surface area contributed by atoms with Gasteiger partial charge in [0.1, 0.15) is 0 Å². The van der Waals surface area contributed by atoms with Crippen LogP contribution in [0.1, 0.15) is 0 Å². The van der Waals surface area contributed by atoms with Gasteiger partial charge in [-0.3, -0.25) is 10.1 Å². The van der Waals surface area contributed by atoms with Gasteiger partial charge in [-0.1, -0.05) is 24.3 Å². The lowest BCUT2D eigenvalue weighted by atomic mass is 10.2. The van der Waals surface area contributed by atoms with Crippen LogP contribution in [-0.4, -0.2) is 44.3 Å². The quantitative estimate of drug-likeness (QED) is 0.616. The molecule has 29 heavy (non-hydrogen) atoms. The lowest BCUT2D eigenvalue weighted by Gasteiger charge is -2.11. The van der Waals surface area contributed by atoms with Crippen molar-refractivity contribution in [3.05, 3.63) is 59.7 Å². The summed E-state index contributed by atoms with van der Waals surface area (Å²) in [6, 6.07) is 12.1. The second-order valence-corrected chi connectivity index (χ2v) is 9.13. The summed E-state index contributed by atoms with van der Waals surface area (Å²) in [4.78, 5) is 16.5. The van der Waals surface area contributed by atoms with Gasteiger partial charge in [0.05, 0.1) is 10.6 Å². The largest absolute Gasteiger partial charge is 0.481 e. The summed E-state index contributed by atoms with van der Waals surface area (Å²) in [5.74, 6) is -1.02. The molecule has 3 rings (SSSR count). The van der Waals surface area contributed by atoms with Crippen LogP contribution in [0.2, 0.25) is 0 Å². The first kappa shape index (κ1) is 20.9. The minimum absolute atomic E-state index is 0.00440. The number of aromatic nitrogens is 1. The monoisotopic (exact) mass is 435 g/mol. The molecule has 1 heterocycles. The van der Waals surface area contributed by atoms with Gasteiger partial charge in [0.2, 0.25) is 10.0 Å². The molecule has 3 aromatic rings. The maximum atomic E-state index is 13.5. The molecule has 0 bridgehead atoms. The number of nitrogens with zero attached hydrogens (tertiary/aromatic N) is 2. The van der Waals surface area contributed by atoms with Gasteiger partial charge >= 0.3 is 0 Å². The third kappa shape index (κ3) is 4.97. The summed E-state index contributed by atoms with van der Waals surface area (Å²) in [5, 5.41) is 4.68. The molecule has 0 aliphatic heterocycles. The predicted octanol–water partition coefficient (Wildman–Crippen LogP) is 3.22. The molecule has 7 nitrogen and oxygen atoms in total. The van der Waals surface area contributed by atoms with Crippen LogP contribution in [0.25, 0.3) is 11.3 Å². The lowest BCUT2D eigenvalue weighted by molar-refractivity contribution is -0.118. The van der Waals surface area contributed by atoms with E-state index in [0.717, 1.165) is 4.31 Å². The number of benzene rings is 2. The van der Waals surface area contributed by atoms with Gasteiger partial charge in [-0.25, -0.2) is 22.1 Å². The molecule has 0 aliphatic carbocycles. The van der Waals surface area contributed by atoms with Crippen molar-refractivity contribution in [2.24, 2.45) is 0 Å². The zero-order valence-corrected chi connectivity index (χ0v) is 17.3. The Hall–Kier alpha value is -2.82. The number of ether oxygens (including phenoxy) is 1. The van der Waals surface area contributed by atoms with E-state index in [0.29, 0.717) is 16.4 Å². The summed E-state index contributed by atoms with van der Waals surface area (Å²) < 4.78 is 44.0. The van der Waals surface area contributed by atoms with Gasteiger partial charge in [0.25, 0.3) is 5.91 Å². The van der Waals surface area contributed by atoms with E-state index in [2.05, 4.69) is 10.3 Å². The Labute approximate surface area is 171 Å². The fourth-order valence-corrected chi connectivity index (χ4v) is 3.97. The van der Waals surface area contributed by atoms with E-state index < -0.39 is 21.7 Å². The van der Waals surface area contributed by atoms with Gasteiger partial charge < -0.3 is 4.74 Å². The van der Waals surface area contributed by atoms with Crippen molar-refractivity contribution < 1.29 is 22.3 Å². The number of para-hydroxylation sites is 1. The Morgan fingerprint density at radius 2 is 1.86 bits per heavy atom. The lowest BCUT2D eigenvalue weighted by Crippen LogP contribution is -2.22. The summed E-state index contributed by atoms with van der Waals surface area (Å²) >= 11 is 1.21. The Balaban J connectivity index is 1.63. The highest BCUT2D eigenvalue weighted by Gasteiger charge is 2.17. The van der Waals surface area contributed by atoms with Crippen molar-refractivity contribution in [3.8, 4) is 17.0 Å². The number of rotatable bonds is 7. The average Bonchev–Trinajstić information content (AvgIpc) is 3.15. The van der Waals surface area contributed by atoms with Crippen LogP contribution in [0.4, 0.5) is 9.52 Å². The third-order valence-electron chi connectivity index (χ3n) is 3.87. The fourth-order valence-electron chi connectivity index (χ4n) is 2.33. The number of hydrogen-bond acceptors (Lipinski definition) is 6. The Bertz CT molecular complexity index is 1110. The molecule has 0 unspecified atom stereocenters. The van der Waals surface area contributed by atoms with Gasteiger partial charge in [-0.15, -0.1) is 11.3 Å². The number of nitrogens with one attached hydrogen (secondary N) is 1. The summed E-state index contributed by atoms with van der Waals surface area (Å²) in [6.07, 6.45) is 0. The van der Waals surface area contributed by atoms with Gasteiger partial charge in [-0.05, 0) is 24.3 Å². The minimum atomic E-state index is -3.50. The predicted molar refractivity (Wildman–Crippen MR) is 109 cm³/mol. The first-order valence-electron chi connectivity index (χ1n) is 8.43. The van der Waals surface area contributed by atoms with E-state index in [4.69, 9.17) is 4.74 Å². The number of carbonyl (C=O) groups is 1. The summed E-state index contributed by atoms with van der Waals surface area (Å²) in [6.45, 7) is -0.354. The van der Waals surface area contributed by atoms with E-state index in [9.17, 15) is 17.6 Å². The van der Waals surface area contributed by atoms with Crippen LogP contribution in [0, 0.1) is 5.82 Å². The number of amides is 1. The smallest absolute Gasteiger partial charge is 0.264 e. The van der Waals surface area contributed by atoms with E-state index in [1.807, 2.05) is 0 Å². The first-order chi connectivity index (χ1) is 13.8. The summed E-state index contributed by atoms with van der Waals surface area (Å²) in [5.41, 5.74) is 1.30. The number of hydrogen-bond donors (Lipinski definition) is 1. The van der Waals surface area contributed by atoms with Crippen LogP contribution >= 0.6 is 11.3 Å². The third-order valence-corrected chi connectivity index (χ3v) is 6.46. The van der Waals surface area contributed by atoms with Crippen LogP contribution in [0.15, 0.2) is 58.8 Å². The normalized spacial score (nSPS) is 11.4. The number of anilines is 1. The van der Waals surface area contributed by atoms with Crippen LogP contribution < -0.4 is 10.1 Å². The molecule has 0 fully saturated rings. The molecular formula is C19H18FN3O4S2. The molecule has 1 N–H and O–H groups in total. The number of sulfonamides is 1. The summed E-state index contributed by atoms with van der Waals surface area (Å²) in [7, 11) is -0.567. The average molecular weight is 436 g/mol. The highest BCUT2D eigenvalue weighted by molar-refractivity contribution is 7.89. The Kier molecular flexibility index (Phi) is 6.26. The van der Waals surface area contributed by atoms with Crippen molar-refractivity contribution in [1.82, 2.24) is 9.29 Å². The van der Waals surface area contributed by atoms with Crippen molar-refractivity contribution in [3.63, 3.8) is 0 Å². The maximum Gasteiger partial charge on any atom is 0.264 e. The second kappa shape index (κ2) is 8.68. The topological polar surface area (TPSA) is 88.6 Å². The van der Waals surface area contributed by atoms with Gasteiger partial charge in [0, 0.05) is 25.0 Å². The minimum Gasteiger partial charge on any atom is -0.481 e. The molecule has 0 radical (unpaired) electrons. The molecular weight excluding hydrogens is 417 g/mol. The van der Waals surface area contributed by atoms with E-state index >= 15 is 0 Å². The number of thiazole rings is 1. The first-order valence-corrected chi connectivity index (χ1v) is 10.7. The van der Waals surface area contributed by atoms with E-state index in [1.165, 1.54) is 55.8 Å². The molecule has 1 amide bonds. The molecule has 0 atom stereocenters. The van der Waals surface area contributed by atoms with E-state index in [1.54, 1.807) is 23.6 Å². The zero-order chi connectivity index (χ0) is 21.0. The van der Waals surface area contributed by atoms with Crippen molar-refractivity contribution in [2.75, 3.05) is 26.0 Å². The molecule has 1 aromatic heterocycles. The molecule has 0 aliphatic rings. The number of halogens is 1. The van der Waals surface area contributed by atoms with Gasteiger partial charge in [-0.2, -0.15) is 0 Å². The molecule has 2 aromatic carbocycles. The zero-order valence-electron chi connectivity index (χ0n) is 15.6.